The number of carbonyl (C=O) groups is 1. The van der Waals surface area contributed by atoms with Crippen molar-refractivity contribution >= 4 is 17.5 Å². The zero-order valence-corrected chi connectivity index (χ0v) is 16.8. The number of hydrogen-bond donors (Lipinski definition) is 4. The standard InChI is InChI=1S/C20H24N8O2/c1-10-5-16(30-13-4-3-12(21)6-13)19(25-11(10)2)14-7-17(28-27-14)26-18-9-23-15(8-24-18)20(22)29/h5,7-9,12-13H,3-4,6,21H2,1-2H3,(H2,22,29)(H2,24,26,27,28)/t12-,13+/m0/s1. The fraction of sp³-hybridized carbons (Fsp3) is 0.350. The summed E-state index contributed by atoms with van der Waals surface area (Å²) < 4.78 is 6.25. The molecule has 0 bridgehead atoms. The van der Waals surface area contributed by atoms with Crippen LogP contribution in [0.4, 0.5) is 11.6 Å². The van der Waals surface area contributed by atoms with Crippen LogP contribution in [0.5, 0.6) is 5.75 Å². The number of anilines is 2. The number of ether oxygens (including phenoxy) is 1. The van der Waals surface area contributed by atoms with Gasteiger partial charge in [-0.2, -0.15) is 5.10 Å². The minimum atomic E-state index is -0.632. The Balaban J connectivity index is 1.57. The average Bonchev–Trinajstić information content (AvgIpc) is 3.34. The van der Waals surface area contributed by atoms with Crippen molar-refractivity contribution in [3.8, 4) is 17.1 Å². The van der Waals surface area contributed by atoms with Crippen molar-refractivity contribution in [3.63, 3.8) is 0 Å². The molecule has 0 aliphatic heterocycles. The Bertz CT molecular complexity index is 1060. The molecule has 3 aromatic rings. The normalized spacial score (nSPS) is 18.4. The molecule has 1 aliphatic rings. The molecular formula is C20H24N8O2. The van der Waals surface area contributed by atoms with E-state index in [4.69, 9.17) is 21.2 Å². The Hall–Kier alpha value is -3.53. The molecule has 3 heterocycles. The molecule has 10 heteroatoms. The van der Waals surface area contributed by atoms with Gasteiger partial charge in [-0.1, -0.05) is 0 Å². The van der Waals surface area contributed by atoms with Crippen LogP contribution in [0.15, 0.2) is 24.5 Å². The second-order valence-electron chi connectivity index (χ2n) is 7.49. The molecular weight excluding hydrogens is 384 g/mol. The Labute approximate surface area is 173 Å². The molecule has 0 aromatic carbocycles. The summed E-state index contributed by atoms with van der Waals surface area (Å²) in [4.78, 5) is 23.9. The molecule has 0 radical (unpaired) electrons. The van der Waals surface area contributed by atoms with Crippen molar-refractivity contribution in [1.82, 2.24) is 25.1 Å². The van der Waals surface area contributed by atoms with E-state index in [1.807, 2.05) is 26.0 Å². The molecule has 6 N–H and O–H groups in total. The summed E-state index contributed by atoms with van der Waals surface area (Å²) in [5.74, 6) is 1.04. The van der Waals surface area contributed by atoms with E-state index in [1.165, 1.54) is 12.4 Å². The minimum absolute atomic E-state index is 0.0854. The molecule has 0 spiro atoms. The number of H-pyrrole nitrogens is 1. The first kappa shape index (κ1) is 19.8. The van der Waals surface area contributed by atoms with Gasteiger partial charge in [0.15, 0.2) is 5.82 Å². The van der Waals surface area contributed by atoms with Crippen LogP contribution in [-0.4, -0.2) is 43.2 Å². The van der Waals surface area contributed by atoms with E-state index >= 15 is 0 Å². The first-order chi connectivity index (χ1) is 14.4. The summed E-state index contributed by atoms with van der Waals surface area (Å²) in [6.07, 6.45) is 5.54. The summed E-state index contributed by atoms with van der Waals surface area (Å²) in [5, 5.41) is 10.3. The van der Waals surface area contributed by atoms with Gasteiger partial charge >= 0.3 is 0 Å². The van der Waals surface area contributed by atoms with Crippen molar-refractivity contribution in [2.45, 2.75) is 45.3 Å². The number of amides is 1. The second kappa shape index (κ2) is 8.07. The molecule has 30 heavy (non-hydrogen) atoms. The molecule has 1 saturated carbocycles. The predicted octanol–water partition coefficient (Wildman–Crippen LogP) is 1.98. The van der Waals surface area contributed by atoms with Gasteiger partial charge in [0.25, 0.3) is 5.91 Å². The van der Waals surface area contributed by atoms with Crippen LogP contribution in [0.25, 0.3) is 11.4 Å². The molecule has 4 rings (SSSR count). The largest absolute Gasteiger partial charge is 0.488 e. The number of aromatic amines is 1. The third kappa shape index (κ3) is 4.23. The van der Waals surface area contributed by atoms with E-state index in [-0.39, 0.29) is 17.8 Å². The van der Waals surface area contributed by atoms with Gasteiger partial charge in [-0.3, -0.25) is 9.89 Å². The van der Waals surface area contributed by atoms with Gasteiger partial charge in [-0.05, 0) is 44.7 Å². The van der Waals surface area contributed by atoms with Gasteiger partial charge in [0.1, 0.15) is 29.1 Å². The Kier molecular flexibility index (Phi) is 5.32. The highest BCUT2D eigenvalue weighted by atomic mass is 16.5. The smallest absolute Gasteiger partial charge is 0.268 e. The van der Waals surface area contributed by atoms with Crippen molar-refractivity contribution in [2.24, 2.45) is 11.5 Å². The molecule has 3 aromatic heterocycles. The third-order valence-electron chi connectivity index (χ3n) is 5.14. The molecule has 10 nitrogen and oxygen atoms in total. The summed E-state index contributed by atoms with van der Waals surface area (Å²) in [7, 11) is 0. The van der Waals surface area contributed by atoms with Gasteiger partial charge in [0.2, 0.25) is 0 Å². The number of nitrogens with two attached hydrogens (primary N) is 2. The van der Waals surface area contributed by atoms with Gasteiger partial charge < -0.3 is 21.5 Å². The topological polar surface area (TPSA) is 158 Å². The van der Waals surface area contributed by atoms with E-state index in [0.29, 0.717) is 28.8 Å². The maximum atomic E-state index is 11.1. The van der Waals surface area contributed by atoms with E-state index in [2.05, 4.69) is 25.5 Å². The summed E-state index contributed by atoms with van der Waals surface area (Å²) in [5.41, 5.74) is 14.7. The van der Waals surface area contributed by atoms with E-state index in [0.717, 1.165) is 30.5 Å². The SMILES string of the molecule is Cc1cc(O[C@@H]2CC[C@H](N)C2)c(-c2cc(Nc3cnc(C(N)=O)cn3)n[nH]2)nc1C. The minimum Gasteiger partial charge on any atom is -0.488 e. The highest BCUT2D eigenvalue weighted by molar-refractivity contribution is 5.90. The lowest BCUT2D eigenvalue weighted by molar-refractivity contribution is 0.0995. The second-order valence-corrected chi connectivity index (χ2v) is 7.49. The number of hydrogen-bond acceptors (Lipinski definition) is 8. The zero-order valence-electron chi connectivity index (χ0n) is 16.8. The van der Waals surface area contributed by atoms with Crippen LogP contribution >= 0.6 is 0 Å². The lowest BCUT2D eigenvalue weighted by Gasteiger charge is -2.17. The maximum absolute atomic E-state index is 11.1. The van der Waals surface area contributed by atoms with Crippen molar-refractivity contribution in [2.75, 3.05) is 5.32 Å². The number of primary amides is 1. The predicted molar refractivity (Wildman–Crippen MR) is 111 cm³/mol. The first-order valence-electron chi connectivity index (χ1n) is 9.74. The third-order valence-corrected chi connectivity index (χ3v) is 5.14. The number of pyridine rings is 1. The van der Waals surface area contributed by atoms with Crippen molar-refractivity contribution < 1.29 is 9.53 Å². The van der Waals surface area contributed by atoms with Gasteiger partial charge in [-0.15, -0.1) is 0 Å². The quantitative estimate of drug-likeness (QED) is 0.482. The van der Waals surface area contributed by atoms with Crippen molar-refractivity contribution in [1.29, 1.82) is 0 Å². The van der Waals surface area contributed by atoms with E-state index < -0.39 is 5.91 Å². The molecule has 1 fully saturated rings. The van der Waals surface area contributed by atoms with Gasteiger partial charge in [-0.25, -0.2) is 15.0 Å². The monoisotopic (exact) mass is 408 g/mol. The van der Waals surface area contributed by atoms with Crippen LogP contribution < -0.4 is 21.5 Å². The van der Waals surface area contributed by atoms with Crippen LogP contribution in [0, 0.1) is 13.8 Å². The zero-order chi connectivity index (χ0) is 21.3. The first-order valence-corrected chi connectivity index (χ1v) is 9.74. The summed E-state index contributed by atoms with van der Waals surface area (Å²) in [6, 6.07) is 4.00. The number of carbonyl (C=O) groups excluding carboxylic acids is 1. The lowest BCUT2D eigenvalue weighted by atomic mass is 10.1. The number of nitrogens with one attached hydrogen (secondary N) is 2. The van der Waals surface area contributed by atoms with E-state index in [9.17, 15) is 4.79 Å². The molecule has 1 aliphatic carbocycles. The Morgan fingerprint density at radius 2 is 2.03 bits per heavy atom. The van der Waals surface area contributed by atoms with Gasteiger partial charge in [0, 0.05) is 17.8 Å². The molecule has 2 atom stereocenters. The Morgan fingerprint density at radius 1 is 1.20 bits per heavy atom. The summed E-state index contributed by atoms with van der Waals surface area (Å²) in [6.45, 7) is 3.97. The number of aromatic nitrogens is 5. The van der Waals surface area contributed by atoms with Gasteiger partial charge in [0.05, 0.1) is 18.1 Å². The number of nitrogens with zero attached hydrogens (tertiary/aromatic N) is 4. The lowest BCUT2D eigenvalue weighted by Crippen LogP contribution is -2.19. The average molecular weight is 408 g/mol. The molecule has 1 amide bonds. The summed E-state index contributed by atoms with van der Waals surface area (Å²) >= 11 is 0. The number of aryl methyl sites for hydroxylation is 2. The fourth-order valence-electron chi connectivity index (χ4n) is 3.38. The fourth-order valence-corrected chi connectivity index (χ4v) is 3.38. The molecule has 0 unspecified atom stereocenters. The van der Waals surface area contributed by atoms with Crippen LogP contribution in [0.1, 0.15) is 41.0 Å². The van der Waals surface area contributed by atoms with Crippen molar-refractivity contribution in [3.05, 3.63) is 41.5 Å². The highest BCUT2D eigenvalue weighted by Gasteiger charge is 2.25. The van der Waals surface area contributed by atoms with Crippen LogP contribution in [-0.2, 0) is 0 Å². The van der Waals surface area contributed by atoms with Crippen LogP contribution in [0.2, 0.25) is 0 Å². The van der Waals surface area contributed by atoms with Crippen LogP contribution in [0.3, 0.4) is 0 Å². The molecule has 156 valence electrons. The maximum Gasteiger partial charge on any atom is 0.268 e. The Morgan fingerprint density at radius 3 is 2.70 bits per heavy atom. The highest BCUT2D eigenvalue weighted by Crippen LogP contribution is 2.33. The molecule has 0 saturated heterocycles. The number of rotatable bonds is 6. The van der Waals surface area contributed by atoms with E-state index in [1.54, 1.807) is 0 Å².